The molecule has 106 valence electrons. The largest absolute Gasteiger partial charge is 0.399 e. The second kappa shape index (κ2) is 4.43. The third-order valence-corrected chi connectivity index (χ3v) is 3.51. The van der Waals surface area contributed by atoms with E-state index in [2.05, 4.69) is 9.97 Å². The smallest absolute Gasteiger partial charge is 0.251 e. The van der Waals surface area contributed by atoms with Crippen LogP contribution in [0.2, 0.25) is 0 Å². The third-order valence-electron chi connectivity index (χ3n) is 3.51. The fourth-order valence-corrected chi connectivity index (χ4v) is 2.43. The predicted molar refractivity (Wildman–Crippen MR) is 74.8 cm³/mol. The minimum absolute atomic E-state index is 0.134. The number of anilines is 3. The summed E-state index contributed by atoms with van der Waals surface area (Å²) in [5.41, 5.74) is 12.7. The fourth-order valence-electron chi connectivity index (χ4n) is 2.43. The van der Waals surface area contributed by atoms with Crippen molar-refractivity contribution >= 4 is 28.4 Å². The normalized spacial score (nSPS) is 18.4. The molecule has 0 radical (unpaired) electrons. The van der Waals surface area contributed by atoms with Gasteiger partial charge in [-0.3, -0.25) is 0 Å². The van der Waals surface area contributed by atoms with Crippen LogP contribution in [0.3, 0.4) is 0 Å². The molecular weight excluding hydrogens is 264 g/mol. The highest BCUT2D eigenvalue weighted by atomic mass is 19.3. The Bertz CT molecular complexity index is 648. The standard InChI is InChI=1S/C13H15F2N5/c14-13(15)3-5-20(6-4-13)11-9-7-8(16)1-2-10(9)18-12(17)19-11/h1-2,7H,3-6,16H2,(H2,17,18,19). The zero-order valence-electron chi connectivity index (χ0n) is 10.8. The predicted octanol–water partition coefficient (Wildman–Crippen LogP) is 2.03. The van der Waals surface area contributed by atoms with Gasteiger partial charge >= 0.3 is 0 Å². The third kappa shape index (κ3) is 2.31. The lowest BCUT2D eigenvalue weighted by atomic mass is 10.1. The van der Waals surface area contributed by atoms with Gasteiger partial charge < -0.3 is 16.4 Å². The van der Waals surface area contributed by atoms with Crippen LogP contribution >= 0.6 is 0 Å². The molecule has 0 atom stereocenters. The minimum atomic E-state index is -2.59. The summed E-state index contributed by atoms with van der Waals surface area (Å²) in [5.74, 6) is -1.88. The van der Waals surface area contributed by atoms with E-state index in [1.165, 1.54) is 0 Å². The molecule has 1 aromatic carbocycles. The monoisotopic (exact) mass is 279 g/mol. The lowest BCUT2D eigenvalue weighted by Gasteiger charge is -2.33. The van der Waals surface area contributed by atoms with E-state index in [1.807, 2.05) is 4.90 Å². The molecule has 1 aromatic heterocycles. The van der Waals surface area contributed by atoms with Gasteiger partial charge in [0.15, 0.2) is 0 Å². The summed E-state index contributed by atoms with van der Waals surface area (Å²) in [6.45, 7) is 0.487. The van der Waals surface area contributed by atoms with Crippen molar-refractivity contribution in [2.75, 3.05) is 29.5 Å². The van der Waals surface area contributed by atoms with Crippen LogP contribution in [-0.4, -0.2) is 29.0 Å². The first-order valence-electron chi connectivity index (χ1n) is 6.40. The van der Waals surface area contributed by atoms with Crippen molar-refractivity contribution in [2.45, 2.75) is 18.8 Å². The Morgan fingerprint density at radius 1 is 1.10 bits per heavy atom. The average molecular weight is 279 g/mol. The molecule has 7 heteroatoms. The molecule has 0 amide bonds. The maximum Gasteiger partial charge on any atom is 0.251 e. The van der Waals surface area contributed by atoms with E-state index < -0.39 is 5.92 Å². The van der Waals surface area contributed by atoms with E-state index in [4.69, 9.17) is 11.5 Å². The van der Waals surface area contributed by atoms with Gasteiger partial charge in [-0.15, -0.1) is 0 Å². The Kier molecular flexibility index (Phi) is 2.84. The number of aromatic nitrogens is 2. The number of benzene rings is 1. The molecule has 20 heavy (non-hydrogen) atoms. The quantitative estimate of drug-likeness (QED) is 0.781. The van der Waals surface area contributed by atoms with E-state index >= 15 is 0 Å². The van der Waals surface area contributed by atoms with E-state index in [0.29, 0.717) is 17.0 Å². The van der Waals surface area contributed by atoms with Gasteiger partial charge in [-0.25, -0.2) is 13.8 Å². The topological polar surface area (TPSA) is 81.1 Å². The zero-order chi connectivity index (χ0) is 14.3. The molecule has 1 aliphatic rings. The van der Waals surface area contributed by atoms with Crippen LogP contribution in [0, 0.1) is 0 Å². The molecule has 1 saturated heterocycles. The first kappa shape index (κ1) is 12.8. The number of hydrogen-bond donors (Lipinski definition) is 2. The SMILES string of the molecule is Nc1ccc2nc(N)nc(N3CCC(F)(F)CC3)c2c1. The van der Waals surface area contributed by atoms with Gasteiger partial charge in [-0.05, 0) is 18.2 Å². The zero-order valence-corrected chi connectivity index (χ0v) is 10.8. The van der Waals surface area contributed by atoms with E-state index in [-0.39, 0.29) is 31.9 Å². The summed E-state index contributed by atoms with van der Waals surface area (Å²) in [5, 5.41) is 0.740. The van der Waals surface area contributed by atoms with E-state index in [1.54, 1.807) is 18.2 Å². The first-order chi connectivity index (χ1) is 9.44. The van der Waals surface area contributed by atoms with Crippen molar-refractivity contribution in [3.8, 4) is 0 Å². The van der Waals surface area contributed by atoms with Crippen LogP contribution in [0.15, 0.2) is 18.2 Å². The summed E-state index contributed by atoms with van der Waals surface area (Å²) in [6, 6.07) is 5.23. The molecule has 4 N–H and O–H groups in total. The van der Waals surface area contributed by atoms with Crippen molar-refractivity contribution < 1.29 is 8.78 Å². The second-order valence-electron chi connectivity index (χ2n) is 5.02. The number of nitrogen functional groups attached to an aromatic ring is 2. The highest BCUT2D eigenvalue weighted by Gasteiger charge is 2.34. The molecule has 0 aliphatic carbocycles. The van der Waals surface area contributed by atoms with Crippen LogP contribution in [-0.2, 0) is 0 Å². The number of fused-ring (bicyclic) bond motifs is 1. The molecule has 1 aliphatic heterocycles. The summed E-state index contributed by atoms with van der Waals surface area (Å²) < 4.78 is 26.5. The Morgan fingerprint density at radius 3 is 2.50 bits per heavy atom. The van der Waals surface area contributed by atoms with Crippen LogP contribution in [0.25, 0.3) is 10.9 Å². The molecule has 2 heterocycles. The number of nitrogens with two attached hydrogens (primary N) is 2. The van der Waals surface area contributed by atoms with Crippen molar-refractivity contribution in [2.24, 2.45) is 0 Å². The first-order valence-corrected chi connectivity index (χ1v) is 6.40. The summed E-state index contributed by atoms with van der Waals surface area (Å²) in [7, 11) is 0. The molecule has 0 bridgehead atoms. The van der Waals surface area contributed by atoms with Gasteiger partial charge in [0.2, 0.25) is 5.95 Å². The molecule has 3 rings (SSSR count). The Morgan fingerprint density at radius 2 is 1.80 bits per heavy atom. The number of hydrogen-bond acceptors (Lipinski definition) is 5. The highest BCUT2D eigenvalue weighted by Crippen LogP contribution is 2.33. The number of piperidine rings is 1. The molecule has 0 spiro atoms. The van der Waals surface area contributed by atoms with Gasteiger partial charge in [0.25, 0.3) is 5.92 Å². The maximum atomic E-state index is 13.2. The molecule has 1 fully saturated rings. The molecular formula is C13H15F2N5. The van der Waals surface area contributed by atoms with Crippen molar-refractivity contribution in [3.05, 3.63) is 18.2 Å². The van der Waals surface area contributed by atoms with Crippen LogP contribution in [0.4, 0.5) is 26.2 Å². The number of rotatable bonds is 1. The Hall–Kier alpha value is -2.18. The van der Waals surface area contributed by atoms with Gasteiger partial charge in [0, 0.05) is 37.0 Å². The van der Waals surface area contributed by atoms with Crippen LogP contribution in [0.1, 0.15) is 12.8 Å². The molecule has 5 nitrogen and oxygen atoms in total. The van der Waals surface area contributed by atoms with Crippen molar-refractivity contribution in [1.82, 2.24) is 9.97 Å². The van der Waals surface area contributed by atoms with Crippen LogP contribution < -0.4 is 16.4 Å². The van der Waals surface area contributed by atoms with Gasteiger partial charge in [-0.2, -0.15) is 4.98 Å². The fraction of sp³-hybridized carbons (Fsp3) is 0.385. The van der Waals surface area contributed by atoms with Crippen molar-refractivity contribution in [1.29, 1.82) is 0 Å². The lowest BCUT2D eigenvalue weighted by Crippen LogP contribution is -2.40. The summed E-state index contributed by atoms with van der Waals surface area (Å²) in [4.78, 5) is 10.2. The number of nitrogens with zero attached hydrogens (tertiary/aromatic N) is 3. The average Bonchev–Trinajstić information content (AvgIpc) is 2.39. The summed E-state index contributed by atoms with van der Waals surface area (Å²) in [6.07, 6.45) is -0.360. The van der Waals surface area contributed by atoms with Gasteiger partial charge in [0.05, 0.1) is 5.52 Å². The van der Waals surface area contributed by atoms with Crippen molar-refractivity contribution in [3.63, 3.8) is 0 Å². The maximum absolute atomic E-state index is 13.2. The lowest BCUT2D eigenvalue weighted by molar-refractivity contribution is -0.0221. The van der Waals surface area contributed by atoms with E-state index in [9.17, 15) is 8.78 Å². The number of alkyl halides is 2. The van der Waals surface area contributed by atoms with Gasteiger partial charge in [-0.1, -0.05) is 0 Å². The minimum Gasteiger partial charge on any atom is -0.399 e. The second-order valence-corrected chi connectivity index (χ2v) is 5.02. The molecule has 2 aromatic rings. The Labute approximate surface area is 114 Å². The summed E-state index contributed by atoms with van der Waals surface area (Å²) >= 11 is 0. The molecule has 0 saturated carbocycles. The van der Waals surface area contributed by atoms with Crippen LogP contribution in [0.5, 0.6) is 0 Å². The Balaban J connectivity index is 2.04. The highest BCUT2D eigenvalue weighted by molar-refractivity contribution is 5.92. The molecule has 0 unspecified atom stereocenters. The van der Waals surface area contributed by atoms with E-state index in [0.717, 1.165) is 5.39 Å². The number of halogens is 2. The van der Waals surface area contributed by atoms with Gasteiger partial charge in [0.1, 0.15) is 5.82 Å².